The summed E-state index contributed by atoms with van der Waals surface area (Å²) in [5.41, 5.74) is 0.375. The minimum absolute atomic E-state index is 0.0712. The van der Waals surface area contributed by atoms with E-state index in [0.29, 0.717) is 5.41 Å². The van der Waals surface area contributed by atoms with Gasteiger partial charge in [-0.05, 0) is 30.1 Å². The summed E-state index contributed by atoms with van der Waals surface area (Å²) in [5, 5.41) is 2.70. The molecular weight excluding hydrogens is 200 g/mol. The van der Waals surface area contributed by atoms with E-state index in [4.69, 9.17) is 0 Å². The molecule has 0 aromatic carbocycles. The molecule has 94 valence electrons. The first kappa shape index (κ1) is 13.3. The minimum Gasteiger partial charge on any atom is -0.341 e. The molecule has 0 radical (unpaired) electrons. The zero-order valence-electron chi connectivity index (χ0n) is 11.3. The molecule has 1 atom stereocenters. The van der Waals surface area contributed by atoms with E-state index in [0.717, 1.165) is 37.8 Å². The summed E-state index contributed by atoms with van der Waals surface area (Å²) in [7, 11) is 1.70. The Bertz CT molecular complexity index is 237. The SMILES string of the molecule is CNC(=O)N1CCC(C(C)C(C)(C)C)CC1. The van der Waals surface area contributed by atoms with Crippen molar-refractivity contribution in [3.8, 4) is 0 Å². The molecule has 2 amide bonds. The molecule has 0 aromatic rings. The van der Waals surface area contributed by atoms with Crippen LogP contribution in [0.15, 0.2) is 0 Å². The molecule has 1 N–H and O–H groups in total. The van der Waals surface area contributed by atoms with E-state index >= 15 is 0 Å². The fourth-order valence-electron chi connectivity index (χ4n) is 2.47. The number of nitrogens with zero attached hydrogens (tertiary/aromatic N) is 1. The summed E-state index contributed by atoms with van der Waals surface area (Å²) in [6.07, 6.45) is 2.29. The van der Waals surface area contributed by atoms with Crippen LogP contribution in [0.2, 0.25) is 0 Å². The van der Waals surface area contributed by atoms with Crippen LogP contribution in [-0.4, -0.2) is 31.1 Å². The van der Waals surface area contributed by atoms with Crippen molar-refractivity contribution < 1.29 is 4.79 Å². The summed E-state index contributed by atoms with van der Waals surface area (Å²) in [5.74, 6) is 1.49. The van der Waals surface area contributed by atoms with Gasteiger partial charge in [0.2, 0.25) is 0 Å². The Morgan fingerprint density at radius 1 is 1.31 bits per heavy atom. The number of carbonyl (C=O) groups excluding carboxylic acids is 1. The fraction of sp³-hybridized carbons (Fsp3) is 0.923. The molecule has 1 aliphatic heterocycles. The normalized spacial score (nSPS) is 20.7. The Morgan fingerprint density at radius 2 is 1.81 bits per heavy atom. The van der Waals surface area contributed by atoms with Gasteiger partial charge in [0.25, 0.3) is 0 Å². The Hall–Kier alpha value is -0.730. The van der Waals surface area contributed by atoms with Crippen molar-refractivity contribution in [3.05, 3.63) is 0 Å². The van der Waals surface area contributed by atoms with Gasteiger partial charge in [-0.1, -0.05) is 27.7 Å². The van der Waals surface area contributed by atoms with E-state index < -0.39 is 0 Å². The van der Waals surface area contributed by atoms with Crippen LogP contribution in [0.5, 0.6) is 0 Å². The summed E-state index contributed by atoms with van der Waals surface area (Å²) in [4.78, 5) is 13.4. The number of carbonyl (C=O) groups is 1. The molecule has 3 heteroatoms. The number of hydrogen-bond donors (Lipinski definition) is 1. The van der Waals surface area contributed by atoms with Gasteiger partial charge in [-0.25, -0.2) is 4.79 Å². The Balaban J connectivity index is 2.46. The van der Waals surface area contributed by atoms with Crippen LogP contribution in [-0.2, 0) is 0 Å². The van der Waals surface area contributed by atoms with Crippen molar-refractivity contribution in [2.75, 3.05) is 20.1 Å². The number of piperidine rings is 1. The molecule has 1 rings (SSSR count). The molecule has 16 heavy (non-hydrogen) atoms. The number of rotatable bonds is 1. The van der Waals surface area contributed by atoms with Gasteiger partial charge in [-0.15, -0.1) is 0 Å². The van der Waals surface area contributed by atoms with Crippen molar-refractivity contribution in [3.63, 3.8) is 0 Å². The predicted molar refractivity (Wildman–Crippen MR) is 67.4 cm³/mol. The van der Waals surface area contributed by atoms with Gasteiger partial charge in [0.05, 0.1) is 0 Å². The van der Waals surface area contributed by atoms with Crippen molar-refractivity contribution in [2.45, 2.75) is 40.5 Å². The lowest BCUT2D eigenvalue weighted by atomic mass is 9.71. The number of likely N-dealkylation sites (tertiary alicyclic amines) is 1. The van der Waals surface area contributed by atoms with Crippen molar-refractivity contribution in [1.82, 2.24) is 10.2 Å². The Labute approximate surface area is 99.6 Å². The van der Waals surface area contributed by atoms with Crippen LogP contribution < -0.4 is 5.32 Å². The van der Waals surface area contributed by atoms with E-state index in [1.165, 1.54) is 0 Å². The van der Waals surface area contributed by atoms with Crippen molar-refractivity contribution in [2.24, 2.45) is 17.3 Å². The maximum Gasteiger partial charge on any atom is 0.317 e. The molecule has 0 aromatic heterocycles. The van der Waals surface area contributed by atoms with Gasteiger partial charge in [0.15, 0.2) is 0 Å². The van der Waals surface area contributed by atoms with Gasteiger partial charge in [-0.2, -0.15) is 0 Å². The fourth-order valence-corrected chi connectivity index (χ4v) is 2.47. The highest BCUT2D eigenvalue weighted by Gasteiger charge is 2.31. The van der Waals surface area contributed by atoms with E-state index in [1.54, 1.807) is 7.05 Å². The molecule has 0 aliphatic carbocycles. The number of hydrogen-bond acceptors (Lipinski definition) is 1. The maximum atomic E-state index is 11.5. The quantitative estimate of drug-likeness (QED) is 0.732. The zero-order chi connectivity index (χ0) is 12.3. The zero-order valence-corrected chi connectivity index (χ0v) is 11.3. The molecule has 1 aliphatic rings. The van der Waals surface area contributed by atoms with Crippen LogP contribution in [0.4, 0.5) is 4.79 Å². The summed E-state index contributed by atoms with van der Waals surface area (Å²) < 4.78 is 0. The summed E-state index contributed by atoms with van der Waals surface area (Å²) >= 11 is 0. The predicted octanol–water partition coefficient (Wildman–Crippen LogP) is 2.72. The molecule has 1 unspecified atom stereocenters. The third-order valence-corrected chi connectivity index (χ3v) is 4.11. The van der Waals surface area contributed by atoms with E-state index in [-0.39, 0.29) is 6.03 Å². The Morgan fingerprint density at radius 3 is 2.19 bits per heavy atom. The molecule has 3 nitrogen and oxygen atoms in total. The average Bonchev–Trinajstić information content (AvgIpc) is 2.26. The molecule has 1 fully saturated rings. The first-order chi connectivity index (χ1) is 7.36. The third kappa shape index (κ3) is 3.13. The van der Waals surface area contributed by atoms with E-state index in [2.05, 4.69) is 33.0 Å². The van der Waals surface area contributed by atoms with Gasteiger partial charge in [0.1, 0.15) is 0 Å². The first-order valence-corrected chi connectivity index (χ1v) is 6.33. The molecule has 0 spiro atoms. The van der Waals surface area contributed by atoms with Crippen LogP contribution >= 0.6 is 0 Å². The molecule has 0 saturated carbocycles. The largest absolute Gasteiger partial charge is 0.341 e. The second kappa shape index (κ2) is 5.07. The second-order valence-electron chi connectivity index (χ2n) is 6.03. The standard InChI is InChI=1S/C13H26N2O/c1-10(13(2,3)4)11-6-8-15(9-7-11)12(16)14-5/h10-11H,6-9H2,1-5H3,(H,14,16). The first-order valence-electron chi connectivity index (χ1n) is 6.33. The highest BCUT2D eigenvalue weighted by atomic mass is 16.2. The monoisotopic (exact) mass is 226 g/mol. The molecule has 1 heterocycles. The lowest BCUT2D eigenvalue weighted by Crippen LogP contribution is -2.45. The number of urea groups is 1. The van der Waals surface area contributed by atoms with Gasteiger partial charge < -0.3 is 10.2 Å². The van der Waals surface area contributed by atoms with Crippen molar-refractivity contribution in [1.29, 1.82) is 0 Å². The van der Waals surface area contributed by atoms with Crippen LogP contribution in [0, 0.1) is 17.3 Å². The molecule has 0 bridgehead atoms. The minimum atomic E-state index is 0.0712. The highest BCUT2D eigenvalue weighted by Crippen LogP contribution is 2.36. The lowest BCUT2D eigenvalue weighted by molar-refractivity contribution is 0.107. The Kier molecular flexibility index (Phi) is 4.22. The van der Waals surface area contributed by atoms with Gasteiger partial charge >= 0.3 is 6.03 Å². The number of nitrogens with one attached hydrogen (secondary N) is 1. The van der Waals surface area contributed by atoms with Crippen LogP contribution in [0.3, 0.4) is 0 Å². The topological polar surface area (TPSA) is 32.3 Å². The van der Waals surface area contributed by atoms with Crippen LogP contribution in [0.1, 0.15) is 40.5 Å². The van der Waals surface area contributed by atoms with Gasteiger partial charge in [0, 0.05) is 20.1 Å². The molecule has 1 saturated heterocycles. The van der Waals surface area contributed by atoms with E-state index in [9.17, 15) is 4.79 Å². The maximum absolute atomic E-state index is 11.5. The van der Waals surface area contributed by atoms with Crippen molar-refractivity contribution >= 4 is 6.03 Å². The smallest absolute Gasteiger partial charge is 0.317 e. The summed E-state index contributed by atoms with van der Waals surface area (Å²) in [6, 6.07) is 0.0712. The molecular formula is C13H26N2O. The highest BCUT2D eigenvalue weighted by molar-refractivity contribution is 5.73. The average molecular weight is 226 g/mol. The van der Waals surface area contributed by atoms with E-state index in [1.807, 2.05) is 4.90 Å². The van der Waals surface area contributed by atoms with Crippen LogP contribution in [0.25, 0.3) is 0 Å². The number of amides is 2. The lowest BCUT2D eigenvalue weighted by Gasteiger charge is -2.39. The summed E-state index contributed by atoms with van der Waals surface area (Å²) in [6.45, 7) is 11.1. The van der Waals surface area contributed by atoms with Gasteiger partial charge in [-0.3, -0.25) is 0 Å². The third-order valence-electron chi connectivity index (χ3n) is 4.11. The second-order valence-corrected chi connectivity index (χ2v) is 6.03.